The summed E-state index contributed by atoms with van der Waals surface area (Å²) in [5.41, 5.74) is -0.398. The molecular weight excluding hydrogens is 244 g/mol. The standard InChI is InChI=1S/C14H24N2O3/c1-3-14(6-4-7-15-14)13(19)16-8-5-11(12(17)18)9-10(16)2/h10-11,15H,3-9H2,1-2H3,(H,17,18). The minimum absolute atomic E-state index is 0.0215. The molecule has 108 valence electrons. The summed E-state index contributed by atoms with van der Waals surface area (Å²) in [6.07, 6.45) is 3.89. The van der Waals surface area contributed by atoms with E-state index in [4.69, 9.17) is 5.11 Å². The Balaban J connectivity index is 2.06. The molecule has 2 fully saturated rings. The molecule has 5 heteroatoms. The van der Waals surface area contributed by atoms with Crippen molar-refractivity contribution in [3.63, 3.8) is 0 Å². The number of carbonyl (C=O) groups excluding carboxylic acids is 1. The average molecular weight is 268 g/mol. The second-order valence-corrected chi connectivity index (χ2v) is 5.87. The lowest BCUT2D eigenvalue weighted by atomic mass is 9.87. The Morgan fingerprint density at radius 2 is 2.21 bits per heavy atom. The average Bonchev–Trinajstić information content (AvgIpc) is 2.87. The number of nitrogens with one attached hydrogen (secondary N) is 1. The molecule has 2 N–H and O–H groups in total. The minimum atomic E-state index is -0.733. The fourth-order valence-corrected chi connectivity index (χ4v) is 3.41. The molecule has 2 rings (SSSR count). The van der Waals surface area contributed by atoms with Crippen LogP contribution in [0.2, 0.25) is 0 Å². The first-order valence-corrected chi connectivity index (χ1v) is 7.29. The van der Waals surface area contributed by atoms with E-state index in [0.717, 1.165) is 25.8 Å². The summed E-state index contributed by atoms with van der Waals surface area (Å²) in [4.78, 5) is 25.7. The van der Waals surface area contributed by atoms with Gasteiger partial charge in [-0.3, -0.25) is 9.59 Å². The molecule has 2 aliphatic heterocycles. The van der Waals surface area contributed by atoms with Gasteiger partial charge in [-0.15, -0.1) is 0 Å². The number of piperidine rings is 1. The molecule has 0 spiro atoms. The second kappa shape index (κ2) is 5.49. The number of aliphatic carboxylic acids is 1. The molecule has 2 saturated heterocycles. The van der Waals surface area contributed by atoms with E-state index >= 15 is 0 Å². The first kappa shape index (κ1) is 14.3. The van der Waals surface area contributed by atoms with Crippen LogP contribution in [0.25, 0.3) is 0 Å². The highest BCUT2D eigenvalue weighted by Crippen LogP contribution is 2.30. The van der Waals surface area contributed by atoms with Gasteiger partial charge in [-0.05, 0) is 45.6 Å². The highest BCUT2D eigenvalue weighted by molar-refractivity contribution is 5.87. The number of carboxylic acid groups (broad SMARTS) is 1. The number of likely N-dealkylation sites (tertiary alicyclic amines) is 1. The molecule has 3 unspecified atom stereocenters. The normalized spacial score (nSPS) is 35.4. The Hall–Kier alpha value is -1.10. The maximum Gasteiger partial charge on any atom is 0.306 e. The monoisotopic (exact) mass is 268 g/mol. The Labute approximate surface area is 114 Å². The summed E-state index contributed by atoms with van der Waals surface area (Å²) in [5.74, 6) is -0.861. The highest BCUT2D eigenvalue weighted by atomic mass is 16.4. The quantitative estimate of drug-likeness (QED) is 0.807. The fourth-order valence-electron chi connectivity index (χ4n) is 3.41. The van der Waals surface area contributed by atoms with Gasteiger partial charge in [-0.2, -0.15) is 0 Å². The molecule has 2 heterocycles. The van der Waals surface area contributed by atoms with Crippen LogP contribution in [0.5, 0.6) is 0 Å². The molecule has 0 aromatic heterocycles. The molecule has 0 aromatic carbocycles. The van der Waals surface area contributed by atoms with E-state index in [-0.39, 0.29) is 17.9 Å². The molecule has 5 nitrogen and oxygen atoms in total. The van der Waals surface area contributed by atoms with E-state index in [1.807, 2.05) is 18.7 Å². The lowest BCUT2D eigenvalue weighted by Gasteiger charge is -2.41. The van der Waals surface area contributed by atoms with Crippen LogP contribution in [-0.2, 0) is 9.59 Å². The van der Waals surface area contributed by atoms with Crippen molar-refractivity contribution in [2.75, 3.05) is 13.1 Å². The predicted octanol–water partition coefficient (Wildman–Crippen LogP) is 1.23. The van der Waals surface area contributed by atoms with Crippen LogP contribution in [-0.4, -0.2) is 46.6 Å². The van der Waals surface area contributed by atoms with E-state index in [1.54, 1.807) is 0 Å². The lowest BCUT2D eigenvalue weighted by molar-refractivity contribution is -0.150. The molecule has 0 aromatic rings. The van der Waals surface area contributed by atoms with Crippen molar-refractivity contribution in [2.24, 2.45) is 5.92 Å². The van der Waals surface area contributed by atoms with Gasteiger partial charge < -0.3 is 15.3 Å². The van der Waals surface area contributed by atoms with Gasteiger partial charge in [0.15, 0.2) is 0 Å². The summed E-state index contributed by atoms with van der Waals surface area (Å²) in [5, 5.41) is 12.4. The van der Waals surface area contributed by atoms with Gasteiger partial charge in [0.1, 0.15) is 0 Å². The van der Waals surface area contributed by atoms with Crippen LogP contribution in [0.3, 0.4) is 0 Å². The molecule has 1 amide bonds. The number of rotatable bonds is 3. The number of hydrogen-bond donors (Lipinski definition) is 2. The highest BCUT2D eigenvalue weighted by Gasteiger charge is 2.44. The number of carbonyl (C=O) groups is 2. The smallest absolute Gasteiger partial charge is 0.306 e. The van der Waals surface area contributed by atoms with Crippen LogP contribution < -0.4 is 5.32 Å². The van der Waals surface area contributed by atoms with Gasteiger partial charge in [-0.1, -0.05) is 6.92 Å². The van der Waals surface area contributed by atoms with Gasteiger partial charge in [0.2, 0.25) is 5.91 Å². The van der Waals surface area contributed by atoms with Crippen LogP contribution in [0.15, 0.2) is 0 Å². The molecule has 3 atom stereocenters. The van der Waals surface area contributed by atoms with Crippen molar-refractivity contribution in [1.82, 2.24) is 10.2 Å². The van der Waals surface area contributed by atoms with E-state index in [9.17, 15) is 9.59 Å². The summed E-state index contributed by atoms with van der Waals surface area (Å²) < 4.78 is 0. The number of hydrogen-bond acceptors (Lipinski definition) is 3. The molecule has 0 radical (unpaired) electrons. The minimum Gasteiger partial charge on any atom is -0.481 e. The van der Waals surface area contributed by atoms with Crippen LogP contribution in [0.4, 0.5) is 0 Å². The summed E-state index contributed by atoms with van der Waals surface area (Å²) >= 11 is 0. The zero-order chi connectivity index (χ0) is 14.0. The van der Waals surface area contributed by atoms with E-state index < -0.39 is 11.5 Å². The SMILES string of the molecule is CCC1(C(=O)N2CCC(C(=O)O)CC2C)CCCN1. The van der Waals surface area contributed by atoms with E-state index in [1.165, 1.54) is 0 Å². The van der Waals surface area contributed by atoms with E-state index in [2.05, 4.69) is 5.32 Å². The van der Waals surface area contributed by atoms with Crippen LogP contribution in [0.1, 0.15) is 46.0 Å². The predicted molar refractivity (Wildman–Crippen MR) is 71.8 cm³/mol. The van der Waals surface area contributed by atoms with Crippen molar-refractivity contribution >= 4 is 11.9 Å². The largest absolute Gasteiger partial charge is 0.481 e. The zero-order valence-corrected chi connectivity index (χ0v) is 11.8. The third-order valence-electron chi connectivity index (χ3n) is 4.74. The third-order valence-corrected chi connectivity index (χ3v) is 4.74. The van der Waals surface area contributed by atoms with Crippen molar-refractivity contribution in [2.45, 2.75) is 57.5 Å². The van der Waals surface area contributed by atoms with Gasteiger partial charge in [0.05, 0.1) is 11.5 Å². The lowest BCUT2D eigenvalue weighted by Crippen LogP contribution is -2.58. The van der Waals surface area contributed by atoms with Crippen molar-refractivity contribution < 1.29 is 14.7 Å². The summed E-state index contributed by atoms with van der Waals surface area (Å²) in [7, 11) is 0. The number of carboxylic acids is 1. The van der Waals surface area contributed by atoms with Crippen molar-refractivity contribution in [3.8, 4) is 0 Å². The molecular formula is C14H24N2O3. The fraction of sp³-hybridized carbons (Fsp3) is 0.857. The maximum absolute atomic E-state index is 12.8. The first-order valence-electron chi connectivity index (χ1n) is 7.29. The molecule has 0 aliphatic carbocycles. The number of nitrogens with zero attached hydrogens (tertiary/aromatic N) is 1. The first-order chi connectivity index (χ1) is 9.00. The molecule has 0 bridgehead atoms. The number of amides is 1. The van der Waals surface area contributed by atoms with Crippen molar-refractivity contribution in [3.05, 3.63) is 0 Å². The van der Waals surface area contributed by atoms with Gasteiger partial charge in [0, 0.05) is 12.6 Å². The van der Waals surface area contributed by atoms with Gasteiger partial charge in [0.25, 0.3) is 0 Å². The van der Waals surface area contributed by atoms with Crippen molar-refractivity contribution in [1.29, 1.82) is 0 Å². The zero-order valence-electron chi connectivity index (χ0n) is 11.8. The summed E-state index contributed by atoms with van der Waals surface area (Å²) in [6.45, 7) is 5.48. The molecule has 2 aliphatic rings. The Morgan fingerprint density at radius 3 is 2.68 bits per heavy atom. The van der Waals surface area contributed by atoms with Crippen LogP contribution in [0, 0.1) is 5.92 Å². The Morgan fingerprint density at radius 1 is 1.47 bits per heavy atom. The second-order valence-electron chi connectivity index (χ2n) is 5.87. The van der Waals surface area contributed by atoms with Gasteiger partial charge >= 0.3 is 5.97 Å². The summed E-state index contributed by atoms with van der Waals surface area (Å²) in [6, 6.07) is 0.0215. The Kier molecular flexibility index (Phi) is 4.13. The maximum atomic E-state index is 12.8. The molecule has 0 saturated carbocycles. The Bertz CT molecular complexity index is 364. The topological polar surface area (TPSA) is 69.6 Å². The van der Waals surface area contributed by atoms with Crippen LogP contribution >= 0.6 is 0 Å². The molecule has 19 heavy (non-hydrogen) atoms. The van der Waals surface area contributed by atoms with E-state index in [0.29, 0.717) is 19.4 Å². The van der Waals surface area contributed by atoms with Gasteiger partial charge in [-0.25, -0.2) is 0 Å². The third kappa shape index (κ3) is 2.61.